The molecule has 0 amide bonds. The van der Waals surface area contributed by atoms with Crippen molar-refractivity contribution in [2.75, 3.05) is 19.8 Å². The van der Waals surface area contributed by atoms with E-state index in [9.17, 15) is 4.79 Å². The van der Waals surface area contributed by atoms with Crippen LogP contribution in [0.5, 0.6) is 5.75 Å². The first-order valence-electron chi connectivity index (χ1n) is 15.6. The quantitative estimate of drug-likeness (QED) is 0.0763. The molecule has 0 unspecified atom stereocenters. The van der Waals surface area contributed by atoms with Crippen LogP contribution in [0, 0.1) is 0 Å². The van der Waals surface area contributed by atoms with E-state index in [1.165, 1.54) is 30.0 Å². The van der Waals surface area contributed by atoms with E-state index in [2.05, 4.69) is 86.7 Å². The van der Waals surface area contributed by atoms with Gasteiger partial charge in [0, 0.05) is 18.2 Å². The van der Waals surface area contributed by atoms with Crippen LogP contribution in [0.15, 0.2) is 42.0 Å². The van der Waals surface area contributed by atoms with E-state index in [0.717, 1.165) is 48.3 Å². The third-order valence-corrected chi connectivity index (χ3v) is 13.6. The van der Waals surface area contributed by atoms with Crippen LogP contribution in [0.4, 0.5) is 0 Å². The highest BCUT2D eigenvalue weighted by molar-refractivity contribution is 6.74. The first kappa shape index (κ1) is 35.1. The summed E-state index contributed by atoms with van der Waals surface area (Å²) in [7, 11) is -1.69. The van der Waals surface area contributed by atoms with Crippen LogP contribution in [0.25, 0.3) is 5.57 Å². The number of allylic oxidation sites excluding steroid dienone is 5. The molecule has 0 N–H and O–H groups in total. The third kappa shape index (κ3) is 9.99. The van der Waals surface area contributed by atoms with E-state index in [1.54, 1.807) is 0 Å². The first-order valence-corrected chi connectivity index (χ1v) is 18.5. The second kappa shape index (κ2) is 14.4. The summed E-state index contributed by atoms with van der Waals surface area (Å²) in [5, 5.41) is 0.248. The Balaban J connectivity index is 2.22. The van der Waals surface area contributed by atoms with Gasteiger partial charge in [-0.1, -0.05) is 66.7 Å². The van der Waals surface area contributed by atoms with Crippen molar-refractivity contribution in [2.45, 2.75) is 130 Å². The van der Waals surface area contributed by atoms with Crippen LogP contribution >= 0.6 is 0 Å². The van der Waals surface area contributed by atoms with Crippen molar-refractivity contribution in [1.29, 1.82) is 0 Å². The van der Waals surface area contributed by atoms with Gasteiger partial charge in [0.1, 0.15) is 5.75 Å². The molecule has 0 bridgehead atoms. The molecule has 0 saturated heterocycles. The average Bonchev–Trinajstić information content (AvgIpc) is 2.85. The predicted octanol–water partition coefficient (Wildman–Crippen LogP) is 10.1. The molecule has 1 aromatic rings. The van der Waals surface area contributed by atoms with Crippen LogP contribution < -0.4 is 4.74 Å². The van der Waals surface area contributed by atoms with Gasteiger partial charge < -0.3 is 13.9 Å². The topological polar surface area (TPSA) is 44.8 Å². The smallest absolute Gasteiger partial charge is 0.330 e. The Hall–Kier alpha value is -2.11. The van der Waals surface area contributed by atoms with E-state index < -0.39 is 8.32 Å². The van der Waals surface area contributed by atoms with Crippen LogP contribution in [0.1, 0.15) is 118 Å². The lowest BCUT2D eigenvalue weighted by molar-refractivity contribution is -0.137. The molecule has 1 aliphatic carbocycles. The van der Waals surface area contributed by atoms with Crippen molar-refractivity contribution >= 4 is 19.9 Å². The number of esters is 1. The lowest BCUT2D eigenvalue weighted by Gasteiger charge is -2.42. The van der Waals surface area contributed by atoms with Gasteiger partial charge in [0.2, 0.25) is 0 Å². The summed E-state index contributed by atoms with van der Waals surface area (Å²) in [6, 6.07) is 4.69. The summed E-state index contributed by atoms with van der Waals surface area (Å²) in [5.74, 6) is 0.658. The summed E-state index contributed by atoms with van der Waals surface area (Å²) < 4.78 is 17.9. The summed E-state index contributed by atoms with van der Waals surface area (Å²) in [5.41, 5.74) is 6.22. The molecule has 5 heteroatoms. The lowest BCUT2D eigenvalue weighted by Crippen LogP contribution is -2.40. The predicted molar refractivity (Wildman–Crippen MR) is 177 cm³/mol. The van der Waals surface area contributed by atoms with E-state index in [0.29, 0.717) is 13.2 Å². The average molecular weight is 583 g/mol. The molecule has 0 heterocycles. The van der Waals surface area contributed by atoms with Gasteiger partial charge in [-0.25, -0.2) is 4.79 Å². The highest BCUT2D eigenvalue weighted by Crippen LogP contribution is 2.48. The molecule has 0 atom stereocenters. The lowest BCUT2D eigenvalue weighted by atomic mass is 9.62. The molecule has 1 aliphatic rings. The molecule has 0 spiro atoms. The molecule has 0 radical (unpaired) electrons. The molecule has 1 aromatic carbocycles. The number of unbranched alkanes of at least 4 members (excludes halogenated alkanes) is 2. The summed E-state index contributed by atoms with van der Waals surface area (Å²) in [6.07, 6.45) is 13.1. The molecule has 230 valence electrons. The molecule has 2 rings (SSSR count). The van der Waals surface area contributed by atoms with Crippen molar-refractivity contribution in [3.8, 4) is 5.75 Å². The van der Waals surface area contributed by atoms with Gasteiger partial charge in [-0.3, -0.25) is 0 Å². The third-order valence-electron chi connectivity index (χ3n) is 9.03. The molecule has 0 saturated carbocycles. The minimum Gasteiger partial charge on any atom is -0.493 e. The van der Waals surface area contributed by atoms with Gasteiger partial charge in [-0.2, -0.15) is 0 Å². The Labute approximate surface area is 252 Å². The van der Waals surface area contributed by atoms with Gasteiger partial charge in [0.15, 0.2) is 8.32 Å². The van der Waals surface area contributed by atoms with Gasteiger partial charge in [-0.15, -0.1) is 0 Å². The number of carbonyl (C=O) groups excluding carboxylic acids is 1. The van der Waals surface area contributed by atoms with Crippen molar-refractivity contribution in [1.82, 2.24) is 0 Å². The maximum absolute atomic E-state index is 11.8. The number of carbonyl (C=O) groups is 1. The second-order valence-corrected chi connectivity index (χ2v) is 19.3. The van der Waals surface area contributed by atoms with Crippen molar-refractivity contribution < 1.29 is 18.7 Å². The molecular weight excluding hydrogens is 524 g/mol. The van der Waals surface area contributed by atoms with Gasteiger partial charge >= 0.3 is 5.97 Å². The molecular formula is C36H58O4Si. The summed E-state index contributed by atoms with van der Waals surface area (Å²) >= 11 is 0. The summed E-state index contributed by atoms with van der Waals surface area (Å²) in [4.78, 5) is 11.8. The van der Waals surface area contributed by atoms with Gasteiger partial charge in [0.05, 0.1) is 13.2 Å². The van der Waals surface area contributed by atoms with E-state index in [-0.39, 0.29) is 21.8 Å². The fourth-order valence-electron chi connectivity index (χ4n) is 4.98. The monoisotopic (exact) mass is 582 g/mol. The molecule has 0 aliphatic heterocycles. The number of benzene rings is 1. The molecule has 41 heavy (non-hydrogen) atoms. The maximum Gasteiger partial charge on any atom is 0.330 e. The van der Waals surface area contributed by atoms with Crippen LogP contribution in [0.3, 0.4) is 0 Å². The zero-order valence-electron chi connectivity index (χ0n) is 28.3. The maximum atomic E-state index is 11.8. The zero-order chi connectivity index (χ0) is 31.1. The molecule has 0 fully saturated rings. The van der Waals surface area contributed by atoms with Crippen molar-refractivity contribution in [3.63, 3.8) is 0 Å². The van der Waals surface area contributed by atoms with Crippen molar-refractivity contribution in [2.24, 2.45) is 0 Å². The van der Waals surface area contributed by atoms with E-state index >= 15 is 0 Å². The van der Waals surface area contributed by atoms with Crippen molar-refractivity contribution in [3.05, 3.63) is 58.7 Å². The number of fused-ring (bicyclic) bond motifs is 1. The van der Waals surface area contributed by atoms with E-state index in [4.69, 9.17) is 13.9 Å². The standard InChI is InChI=1S/C36H58O4Si/c1-13-38-33(37)24-27(2)18-17-19-28(3)29-25-30-31(36(9,10)21-20-35(30,7)8)26-32(29)39-22-15-14-16-23-40-41(11,12)34(4,5)6/h17-19,24-26H,13-16,20-23H2,1-12H3/b18-17+,27-24+,28-19-. The minimum absolute atomic E-state index is 0.120. The van der Waals surface area contributed by atoms with Crippen LogP contribution in [0.2, 0.25) is 18.1 Å². The number of hydrogen-bond donors (Lipinski definition) is 0. The Morgan fingerprint density at radius 3 is 2.12 bits per heavy atom. The fraction of sp³-hybridized carbons (Fsp3) is 0.639. The molecule has 4 nitrogen and oxygen atoms in total. The zero-order valence-corrected chi connectivity index (χ0v) is 29.3. The Bertz CT molecular complexity index is 1130. The largest absolute Gasteiger partial charge is 0.493 e. The van der Waals surface area contributed by atoms with Gasteiger partial charge in [0.25, 0.3) is 0 Å². The Morgan fingerprint density at radius 2 is 1.54 bits per heavy atom. The first-order chi connectivity index (χ1) is 18.9. The van der Waals surface area contributed by atoms with Crippen LogP contribution in [-0.4, -0.2) is 34.1 Å². The minimum atomic E-state index is -1.69. The summed E-state index contributed by atoms with van der Waals surface area (Å²) in [6.45, 7) is 28.7. The van der Waals surface area contributed by atoms with E-state index in [1.807, 2.05) is 26.0 Å². The highest BCUT2D eigenvalue weighted by atomic mass is 28.4. The molecule has 0 aromatic heterocycles. The Kier molecular flexibility index (Phi) is 12.3. The number of rotatable bonds is 13. The highest BCUT2D eigenvalue weighted by Gasteiger charge is 2.38. The second-order valence-electron chi connectivity index (χ2n) is 14.5. The van der Waals surface area contributed by atoms with Crippen LogP contribution in [-0.2, 0) is 24.8 Å². The fourth-order valence-corrected chi connectivity index (χ4v) is 6.07. The number of ether oxygens (including phenoxy) is 2. The van der Waals surface area contributed by atoms with Gasteiger partial charge in [-0.05, 0) is 116 Å². The normalized spacial score (nSPS) is 17.5. The SMILES string of the molecule is CCOC(=O)/C=C(C)/C=C/C=C(/C)c1cc2c(cc1OCCCCCO[Si](C)(C)C(C)(C)C)C(C)(C)CCC2(C)C. The Morgan fingerprint density at radius 1 is 0.951 bits per heavy atom. The number of hydrogen-bond acceptors (Lipinski definition) is 4.